The fourth-order valence-electron chi connectivity index (χ4n) is 0.799. The maximum atomic E-state index is 11.0. The highest BCUT2D eigenvalue weighted by Gasteiger charge is 2.20. The summed E-state index contributed by atoms with van der Waals surface area (Å²) >= 11 is 0. The van der Waals surface area contributed by atoms with E-state index < -0.39 is 34.6 Å². The highest BCUT2D eigenvalue weighted by atomic mass is 16.5. The molecule has 4 N–H and O–H groups in total. The van der Waals surface area contributed by atoms with E-state index in [-0.39, 0.29) is 0 Å². The first-order chi connectivity index (χ1) is 6.97. The molecule has 0 saturated heterocycles. The van der Waals surface area contributed by atoms with Crippen molar-refractivity contribution in [3.63, 3.8) is 0 Å². The zero-order valence-electron chi connectivity index (χ0n) is 7.05. The average molecular weight is 215 g/mol. The van der Waals surface area contributed by atoms with Crippen LogP contribution in [-0.4, -0.2) is 27.3 Å². The molecule has 0 aliphatic carbocycles. The van der Waals surface area contributed by atoms with E-state index in [0.717, 1.165) is 5.48 Å². The van der Waals surface area contributed by atoms with Crippen LogP contribution in [0.1, 0.15) is 21.1 Å². The SMILES string of the molecule is O=C(NO)c1cc(=O)c(O)c(C(=O)O)o1. The molecular weight excluding hydrogens is 210 g/mol. The monoisotopic (exact) mass is 215 g/mol. The Morgan fingerprint density at radius 1 is 1.40 bits per heavy atom. The third-order valence-electron chi connectivity index (χ3n) is 1.44. The minimum Gasteiger partial charge on any atom is -0.501 e. The fourth-order valence-corrected chi connectivity index (χ4v) is 0.799. The summed E-state index contributed by atoms with van der Waals surface area (Å²) in [7, 11) is 0. The number of rotatable bonds is 2. The Labute approximate surface area is 81.3 Å². The van der Waals surface area contributed by atoms with Crippen molar-refractivity contribution in [2.45, 2.75) is 0 Å². The lowest BCUT2D eigenvalue weighted by atomic mass is 10.3. The topological polar surface area (TPSA) is 137 Å². The number of hydroxylamine groups is 1. The van der Waals surface area contributed by atoms with E-state index >= 15 is 0 Å². The molecule has 1 rings (SSSR count). The zero-order valence-corrected chi connectivity index (χ0v) is 7.05. The highest BCUT2D eigenvalue weighted by Crippen LogP contribution is 2.13. The van der Waals surface area contributed by atoms with Crippen LogP contribution >= 0.6 is 0 Å². The molecule has 0 radical (unpaired) electrons. The molecule has 8 heteroatoms. The summed E-state index contributed by atoms with van der Waals surface area (Å²) in [4.78, 5) is 32.2. The molecule has 1 aromatic heterocycles. The van der Waals surface area contributed by atoms with Gasteiger partial charge in [0.25, 0.3) is 5.76 Å². The van der Waals surface area contributed by atoms with Gasteiger partial charge < -0.3 is 14.6 Å². The smallest absolute Gasteiger partial charge is 0.375 e. The van der Waals surface area contributed by atoms with Crippen LogP contribution < -0.4 is 10.9 Å². The van der Waals surface area contributed by atoms with Gasteiger partial charge in [0, 0.05) is 6.07 Å². The number of carbonyl (C=O) groups excluding carboxylic acids is 1. The predicted octanol–water partition coefficient (Wildman–Crippen LogP) is -0.837. The molecule has 0 fully saturated rings. The first-order valence-electron chi connectivity index (χ1n) is 3.52. The maximum Gasteiger partial charge on any atom is 0.375 e. The van der Waals surface area contributed by atoms with Gasteiger partial charge in [-0.05, 0) is 0 Å². The third kappa shape index (κ3) is 1.94. The number of hydrogen-bond donors (Lipinski definition) is 4. The van der Waals surface area contributed by atoms with Crippen molar-refractivity contribution >= 4 is 11.9 Å². The summed E-state index contributed by atoms with van der Waals surface area (Å²) in [5.41, 5.74) is 0.0482. The van der Waals surface area contributed by atoms with Crippen LogP contribution in [0.2, 0.25) is 0 Å². The minimum atomic E-state index is -1.71. The lowest BCUT2D eigenvalue weighted by Crippen LogP contribution is -2.21. The number of aromatic hydroxyl groups is 1. The molecule has 0 saturated carbocycles. The number of carboxylic acids is 1. The molecule has 1 heterocycles. The molecule has 8 nitrogen and oxygen atoms in total. The standard InChI is InChI=1S/C7H5NO7/c9-2-1-3(6(11)8-14)15-5(4(2)10)7(12)13/h1,10,14H,(H,8,11)(H,12,13). The highest BCUT2D eigenvalue weighted by molar-refractivity contribution is 5.92. The first kappa shape index (κ1) is 10.7. The lowest BCUT2D eigenvalue weighted by Gasteiger charge is -2.00. The quantitative estimate of drug-likeness (QED) is 0.373. The van der Waals surface area contributed by atoms with Crippen LogP contribution in [0.4, 0.5) is 0 Å². The number of carbonyl (C=O) groups is 2. The largest absolute Gasteiger partial charge is 0.501 e. The van der Waals surface area contributed by atoms with Crippen molar-refractivity contribution in [3.8, 4) is 5.75 Å². The van der Waals surface area contributed by atoms with Crippen molar-refractivity contribution in [3.05, 3.63) is 27.8 Å². The Bertz CT molecular complexity index is 475. The van der Waals surface area contributed by atoms with Gasteiger partial charge in [0.2, 0.25) is 11.2 Å². The van der Waals surface area contributed by atoms with Gasteiger partial charge in [0.15, 0.2) is 5.76 Å². The van der Waals surface area contributed by atoms with Crippen LogP contribution in [0.25, 0.3) is 0 Å². The van der Waals surface area contributed by atoms with E-state index in [9.17, 15) is 14.4 Å². The van der Waals surface area contributed by atoms with Crippen molar-refractivity contribution in [1.82, 2.24) is 5.48 Å². The molecule has 15 heavy (non-hydrogen) atoms. The molecule has 0 aliphatic rings. The van der Waals surface area contributed by atoms with E-state index in [1.54, 1.807) is 0 Å². The summed E-state index contributed by atoms with van der Waals surface area (Å²) in [6, 6.07) is 0.549. The molecule has 1 aromatic rings. The molecular formula is C7H5NO7. The number of hydrogen-bond acceptors (Lipinski definition) is 6. The second kappa shape index (κ2) is 3.80. The van der Waals surface area contributed by atoms with Crippen LogP contribution in [0.3, 0.4) is 0 Å². The fraction of sp³-hybridized carbons (Fsp3) is 0. The van der Waals surface area contributed by atoms with E-state index in [0.29, 0.717) is 6.07 Å². The molecule has 0 bridgehead atoms. The summed E-state index contributed by atoms with van der Waals surface area (Å²) in [5.74, 6) is -5.82. The Morgan fingerprint density at radius 2 is 2.00 bits per heavy atom. The van der Waals surface area contributed by atoms with Gasteiger partial charge in [-0.3, -0.25) is 14.8 Å². The Morgan fingerprint density at radius 3 is 2.47 bits per heavy atom. The molecule has 0 atom stereocenters. The summed E-state index contributed by atoms with van der Waals surface area (Å²) in [5, 5.41) is 25.7. The summed E-state index contributed by atoms with van der Waals surface area (Å²) < 4.78 is 4.38. The van der Waals surface area contributed by atoms with Crippen LogP contribution in [0.15, 0.2) is 15.3 Å². The zero-order chi connectivity index (χ0) is 11.6. The number of aromatic carboxylic acids is 1. The molecule has 0 spiro atoms. The van der Waals surface area contributed by atoms with E-state index in [1.165, 1.54) is 0 Å². The van der Waals surface area contributed by atoms with Crippen molar-refractivity contribution in [1.29, 1.82) is 0 Å². The normalized spacial score (nSPS) is 9.67. The van der Waals surface area contributed by atoms with Gasteiger partial charge >= 0.3 is 11.9 Å². The predicted molar refractivity (Wildman–Crippen MR) is 42.9 cm³/mol. The van der Waals surface area contributed by atoms with Gasteiger partial charge in [-0.15, -0.1) is 0 Å². The van der Waals surface area contributed by atoms with Gasteiger partial charge in [-0.1, -0.05) is 0 Å². The van der Waals surface area contributed by atoms with E-state index in [1.807, 2.05) is 0 Å². The van der Waals surface area contributed by atoms with Crippen molar-refractivity contribution < 1.29 is 29.4 Å². The van der Waals surface area contributed by atoms with E-state index in [4.69, 9.17) is 15.4 Å². The lowest BCUT2D eigenvalue weighted by molar-refractivity contribution is 0.0623. The molecule has 0 unspecified atom stereocenters. The van der Waals surface area contributed by atoms with Crippen LogP contribution in [-0.2, 0) is 0 Å². The van der Waals surface area contributed by atoms with Gasteiger partial charge in [-0.2, -0.15) is 0 Å². The maximum absolute atomic E-state index is 11.0. The number of carboxylic acid groups (broad SMARTS) is 1. The van der Waals surface area contributed by atoms with Crippen LogP contribution in [0.5, 0.6) is 5.75 Å². The summed E-state index contributed by atoms with van der Waals surface area (Å²) in [6.45, 7) is 0. The minimum absolute atomic E-state index is 0.549. The Kier molecular flexibility index (Phi) is 2.72. The van der Waals surface area contributed by atoms with Gasteiger partial charge in [0.05, 0.1) is 0 Å². The first-order valence-corrected chi connectivity index (χ1v) is 3.52. The molecule has 80 valence electrons. The Hall–Kier alpha value is -2.35. The summed E-state index contributed by atoms with van der Waals surface area (Å²) in [6.07, 6.45) is 0. The molecule has 0 aromatic carbocycles. The number of nitrogens with one attached hydrogen (secondary N) is 1. The van der Waals surface area contributed by atoms with Crippen molar-refractivity contribution in [2.24, 2.45) is 0 Å². The van der Waals surface area contributed by atoms with Gasteiger partial charge in [-0.25, -0.2) is 10.3 Å². The van der Waals surface area contributed by atoms with Crippen LogP contribution in [0, 0.1) is 0 Å². The third-order valence-corrected chi connectivity index (χ3v) is 1.44. The second-order valence-corrected chi connectivity index (χ2v) is 2.40. The molecule has 0 aliphatic heterocycles. The second-order valence-electron chi connectivity index (χ2n) is 2.40. The van der Waals surface area contributed by atoms with E-state index in [2.05, 4.69) is 4.42 Å². The number of amides is 1. The van der Waals surface area contributed by atoms with Gasteiger partial charge in [0.1, 0.15) is 0 Å². The van der Waals surface area contributed by atoms with Crippen molar-refractivity contribution in [2.75, 3.05) is 0 Å². The molecule has 1 amide bonds. The average Bonchev–Trinajstić information content (AvgIpc) is 2.20. The Balaban J connectivity index is 3.43.